The molecule has 2 heterocycles. The average molecular weight is 320 g/mol. The molecule has 1 aliphatic heterocycles. The maximum Gasteiger partial charge on any atom is 0.274 e. The molecule has 0 unspecified atom stereocenters. The molecule has 1 aromatic heterocycles. The van der Waals surface area contributed by atoms with Gasteiger partial charge in [-0.1, -0.05) is 54.6 Å². The number of hydrogen-bond donors (Lipinski definition) is 0. The summed E-state index contributed by atoms with van der Waals surface area (Å²) < 4.78 is 0. The molecule has 4 heteroatoms. The van der Waals surface area contributed by atoms with E-state index < -0.39 is 0 Å². The first kappa shape index (κ1) is 14.2. The van der Waals surface area contributed by atoms with Crippen LogP contribution in [0.5, 0.6) is 0 Å². The van der Waals surface area contributed by atoms with Gasteiger partial charge in [-0.05, 0) is 23.1 Å². The van der Waals surface area contributed by atoms with Gasteiger partial charge in [-0.3, -0.25) is 4.79 Å². The maximum atomic E-state index is 12.9. The molecule has 0 N–H and O–H groups in total. The molecule has 0 saturated carbocycles. The second kappa shape index (κ2) is 5.97. The third-order valence-electron chi connectivity index (χ3n) is 4.22. The summed E-state index contributed by atoms with van der Waals surface area (Å²) in [6.45, 7) is 1.42. The molecule has 3 aromatic rings. The highest BCUT2D eigenvalue weighted by Crippen LogP contribution is 2.29. The van der Waals surface area contributed by atoms with Crippen molar-refractivity contribution >= 4 is 17.2 Å². The van der Waals surface area contributed by atoms with E-state index in [-0.39, 0.29) is 5.91 Å². The Hall–Kier alpha value is -2.46. The fourth-order valence-electron chi connectivity index (χ4n) is 3.01. The smallest absolute Gasteiger partial charge is 0.274 e. The molecule has 0 atom stereocenters. The summed E-state index contributed by atoms with van der Waals surface area (Å²) in [6.07, 6.45) is 0.909. The molecule has 0 bridgehead atoms. The molecular formula is C19H16N2OS. The van der Waals surface area contributed by atoms with E-state index in [1.165, 1.54) is 22.5 Å². The molecule has 1 aliphatic rings. The van der Waals surface area contributed by atoms with Crippen LogP contribution in [-0.4, -0.2) is 22.3 Å². The summed E-state index contributed by atoms with van der Waals surface area (Å²) in [7, 11) is 0. The van der Waals surface area contributed by atoms with Crippen LogP contribution in [0.25, 0.3) is 10.4 Å². The Morgan fingerprint density at radius 2 is 1.74 bits per heavy atom. The van der Waals surface area contributed by atoms with Crippen LogP contribution in [0.2, 0.25) is 0 Å². The second-order valence-electron chi connectivity index (χ2n) is 5.64. The number of rotatable bonds is 2. The Morgan fingerprint density at radius 3 is 2.57 bits per heavy atom. The van der Waals surface area contributed by atoms with E-state index in [2.05, 4.69) is 23.2 Å². The Bertz CT molecular complexity index is 841. The predicted octanol–water partition coefficient (Wildman–Crippen LogP) is 4.01. The zero-order chi connectivity index (χ0) is 15.6. The number of thiazole rings is 1. The van der Waals surface area contributed by atoms with Crippen LogP contribution in [-0.2, 0) is 13.0 Å². The molecule has 114 valence electrons. The van der Waals surface area contributed by atoms with Crippen molar-refractivity contribution in [3.8, 4) is 10.4 Å². The SMILES string of the molecule is O=C(c1ncsc1-c1ccccc1)N1CCc2ccccc2C1. The van der Waals surface area contributed by atoms with Gasteiger partial charge in [0.15, 0.2) is 0 Å². The van der Waals surface area contributed by atoms with Gasteiger partial charge in [0.25, 0.3) is 5.91 Å². The zero-order valence-corrected chi connectivity index (χ0v) is 13.4. The van der Waals surface area contributed by atoms with Crippen molar-refractivity contribution in [2.75, 3.05) is 6.54 Å². The molecule has 3 nitrogen and oxygen atoms in total. The molecule has 2 aromatic carbocycles. The van der Waals surface area contributed by atoms with E-state index in [1.807, 2.05) is 41.3 Å². The fourth-order valence-corrected chi connectivity index (χ4v) is 3.80. The van der Waals surface area contributed by atoms with E-state index >= 15 is 0 Å². The highest BCUT2D eigenvalue weighted by molar-refractivity contribution is 7.13. The maximum absolute atomic E-state index is 12.9. The van der Waals surface area contributed by atoms with Gasteiger partial charge in [-0.2, -0.15) is 0 Å². The van der Waals surface area contributed by atoms with Crippen LogP contribution >= 0.6 is 11.3 Å². The summed E-state index contributed by atoms with van der Waals surface area (Å²) >= 11 is 1.52. The summed E-state index contributed by atoms with van der Waals surface area (Å²) in [5.41, 5.74) is 5.96. The number of fused-ring (bicyclic) bond motifs is 1. The van der Waals surface area contributed by atoms with Crippen molar-refractivity contribution in [3.63, 3.8) is 0 Å². The Morgan fingerprint density at radius 1 is 1.00 bits per heavy atom. The number of hydrogen-bond acceptors (Lipinski definition) is 3. The lowest BCUT2D eigenvalue weighted by atomic mass is 9.99. The number of aromatic nitrogens is 1. The van der Waals surface area contributed by atoms with Gasteiger partial charge in [-0.25, -0.2) is 4.98 Å². The second-order valence-corrected chi connectivity index (χ2v) is 6.50. The quantitative estimate of drug-likeness (QED) is 0.715. The zero-order valence-electron chi connectivity index (χ0n) is 12.6. The van der Waals surface area contributed by atoms with Crippen LogP contribution < -0.4 is 0 Å². The van der Waals surface area contributed by atoms with Crippen LogP contribution in [0.3, 0.4) is 0 Å². The molecular weight excluding hydrogens is 304 g/mol. The molecule has 23 heavy (non-hydrogen) atoms. The standard InChI is InChI=1S/C19H16N2OS/c22-19(21-11-10-14-6-4-5-9-16(14)12-21)17-18(23-13-20-17)15-7-2-1-3-8-15/h1-9,13H,10-12H2. The summed E-state index contributed by atoms with van der Waals surface area (Å²) in [6, 6.07) is 18.3. The Kier molecular flexibility index (Phi) is 3.67. The minimum atomic E-state index is 0.0274. The molecule has 1 amide bonds. The minimum Gasteiger partial charge on any atom is -0.333 e. The summed E-state index contributed by atoms with van der Waals surface area (Å²) in [5, 5.41) is 0. The molecule has 0 radical (unpaired) electrons. The number of carbonyl (C=O) groups is 1. The number of benzene rings is 2. The van der Waals surface area contributed by atoms with Gasteiger partial charge in [0, 0.05) is 13.1 Å². The van der Waals surface area contributed by atoms with Crippen molar-refractivity contribution in [1.29, 1.82) is 0 Å². The van der Waals surface area contributed by atoms with Crippen molar-refractivity contribution < 1.29 is 4.79 Å². The van der Waals surface area contributed by atoms with E-state index in [4.69, 9.17) is 0 Å². The van der Waals surface area contributed by atoms with Crippen LogP contribution in [0.15, 0.2) is 60.1 Å². The van der Waals surface area contributed by atoms with Gasteiger partial charge in [-0.15, -0.1) is 11.3 Å². The van der Waals surface area contributed by atoms with Gasteiger partial charge in [0.05, 0.1) is 10.4 Å². The average Bonchev–Trinajstić information content (AvgIpc) is 3.11. The van der Waals surface area contributed by atoms with Crippen molar-refractivity contribution in [1.82, 2.24) is 9.88 Å². The van der Waals surface area contributed by atoms with E-state index in [1.54, 1.807) is 5.51 Å². The third kappa shape index (κ3) is 2.66. The molecule has 4 rings (SSSR count). The number of carbonyl (C=O) groups excluding carboxylic acids is 1. The number of nitrogens with zero attached hydrogens (tertiary/aromatic N) is 2. The third-order valence-corrected chi connectivity index (χ3v) is 5.10. The number of amides is 1. The van der Waals surface area contributed by atoms with Crippen LogP contribution in [0, 0.1) is 0 Å². The molecule has 0 saturated heterocycles. The normalized spacial score (nSPS) is 13.7. The summed E-state index contributed by atoms with van der Waals surface area (Å²) in [4.78, 5) is 20.1. The fraction of sp³-hybridized carbons (Fsp3) is 0.158. The molecule has 0 spiro atoms. The lowest BCUT2D eigenvalue weighted by Crippen LogP contribution is -2.36. The molecule has 0 fully saturated rings. The van der Waals surface area contributed by atoms with Gasteiger partial charge >= 0.3 is 0 Å². The van der Waals surface area contributed by atoms with Crippen molar-refractivity contribution in [2.24, 2.45) is 0 Å². The Labute approximate surface area is 139 Å². The van der Waals surface area contributed by atoms with E-state index in [0.717, 1.165) is 23.4 Å². The summed E-state index contributed by atoms with van der Waals surface area (Å²) in [5.74, 6) is 0.0274. The first-order valence-electron chi connectivity index (χ1n) is 7.68. The van der Waals surface area contributed by atoms with Gasteiger partial charge in [0.1, 0.15) is 5.69 Å². The highest BCUT2D eigenvalue weighted by Gasteiger charge is 2.25. The van der Waals surface area contributed by atoms with Crippen molar-refractivity contribution in [2.45, 2.75) is 13.0 Å². The van der Waals surface area contributed by atoms with E-state index in [9.17, 15) is 4.79 Å². The predicted molar refractivity (Wildman–Crippen MR) is 92.4 cm³/mol. The van der Waals surface area contributed by atoms with Gasteiger partial charge in [0.2, 0.25) is 0 Å². The lowest BCUT2D eigenvalue weighted by Gasteiger charge is -2.28. The first-order chi connectivity index (χ1) is 11.3. The minimum absolute atomic E-state index is 0.0274. The molecule has 0 aliphatic carbocycles. The Balaban J connectivity index is 1.63. The van der Waals surface area contributed by atoms with Crippen LogP contribution in [0.4, 0.5) is 0 Å². The van der Waals surface area contributed by atoms with E-state index in [0.29, 0.717) is 12.2 Å². The lowest BCUT2D eigenvalue weighted by molar-refractivity contribution is 0.0730. The topological polar surface area (TPSA) is 33.2 Å². The van der Waals surface area contributed by atoms with Crippen molar-refractivity contribution in [3.05, 3.63) is 76.9 Å². The monoisotopic (exact) mass is 320 g/mol. The largest absolute Gasteiger partial charge is 0.333 e. The highest BCUT2D eigenvalue weighted by atomic mass is 32.1. The van der Waals surface area contributed by atoms with Gasteiger partial charge < -0.3 is 4.90 Å². The first-order valence-corrected chi connectivity index (χ1v) is 8.56. The van der Waals surface area contributed by atoms with Crippen LogP contribution in [0.1, 0.15) is 21.6 Å².